The number of hydrogen-bond acceptors (Lipinski definition) is 6. The average molecular weight is 396 g/mol. The Kier molecular flexibility index (Phi) is 7.56. The first kappa shape index (κ1) is 17.5. The minimum absolute atomic E-state index is 0.0826. The summed E-state index contributed by atoms with van der Waals surface area (Å²) in [4.78, 5) is 10.9. The summed E-state index contributed by atoms with van der Waals surface area (Å²) in [7, 11) is 0. The topological polar surface area (TPSA) is 107 Å². The van der Waals surface area contributed by atoms with Gasteiger partial charge in [0.1, 0.15) is 24.4 Å². The molecule has 1 aromatic carbocycles. The van der Waals surface area contributed by atoms with Crippen LogP contribution in [0.25, 0.3) is 0 Å². The number of carbonyl (C=O) groups is 1. The maximum Gasteiger partial charge on any atom is 0.151 e. The van der Waals surface area contributed by atoms with Crippen molar-refractivity contribution < 1.29 is 30.0 Å². The lowest BCUT2D eigenvalue weighted by Gasteiger charge is -2.25. The van der Waals surface area contributed by atoms with E-state index in [0.717, 1.165) is 9.13 Å². The highest BCUT2D eigenvalue weighted by atomic mass is 127. The van der Waals surface area contributed by atoms with Crippen LogP contribution in [0.3, 0.4) is 0 Å². The van der Waals surface area contributed by atoms with Gasteiger partial charge in [0, 0.05) is 3.57 Å². The number of hydrogen-bond donors (Lipinski definition) is 4. The molecule has 1 aromatic rings. The quantitative estimate of drug-likeness (QED) is 0.347. The van der Waals surface area contributed by atoms with Crippen molar-refractivity contribution in [2.45, 2.75) is 31.0 Å². The van der Waals surface area contributed by atoms with E-state index >= 15 is 0 Å². The van der Waals surface area contributed by atoms with E-state index in [9.17, 15) is 20.1 Å². The number of ether oxygens (including phenoxy) is 1. The van der Waals surface area contributed by atoms with Crippen LogP contribution in [0.5, 0.6) is 0 Å². The SMILES string of the molecule is O=C[C@H](OCc1cccc(I)c1)[C@@H](O)[C@H](O)[C@H](O)CO. The molecule has 1 rings (SSSR count). The first-order valence-corrected chi connectivity index (χ1v) is 7.04. The number of aldehydes is 1. The van der Waals surface area contributed by atoms with Crippen LogP contribution in [0.15, 0.2) is 24.3 Å². The summed E-state index contributed by atoms with van der Waals surface area (Å²) in [6.07, 6.45) is -5.74. The van der Waals surface area contributed by atoms with Crippen LogP contribution in [0.2, 0.25) is 0 Å². The molecule has 0 radical (unpaired) electrons. The Bertz CT molecular complexity index is 427. The van der Waals surface area contributed by atoms with E-state index in [2.05, 4.69) is 22.6 Å². The van der Waals surface area contributed by atoms with Gasteiger partial charge in [0.2, 0.25) is 0 Å². The van der Waals surface area contributed by atoms with Crippen LogP contribution in [-0.2, 0) is 16.1 Å². The second kappa shape index (κ2) is 8.65. The van der Waals surface area contributed by atoms with Gasteiger partial charge in [0.25, 0.3) is 0 Å². The lowest BCUT2D eigenvalue weighted by atomic mass is 10.0. The van der Waals surface area contributed by atoms with Gasteiger partial charge in [-0.15, -0.1) is 0 Å². The first-order chi connectivity index (χ1) is 9.49. The molecule has 20 heavy (non-hydrogen) atoms. The van der Waals surface area contributed by atoms with E-state index in [-0.39, 0.29) is 6.61 Å². The largest absolute Gasteiger partial charge is 0.394 e. The van der Waals surface area contributed by atoms with Crippen molar-refractivity contribution >= 4 is 28.9 Å². The molecule has 7 heteroatoms. The van der Waals surface area contributed by atoms with Crippen LogP contribution in [-0.4, -0.2) is 57.7 Å². The van der Waals surface area contributed by atoms with Crippen molar-refractivity contribution in [3.8, 4) is 0 Å². The summed E-state index contributed by atoms with van der Waals surface area (Å²) >= 11 is 2.13. The van der Waals surface area contributed by atoms with Gasteiger partial charge in [-0.1, -0.05) is 12.1 Å². The van der Waals surface area contributed by atoms with Crippen molar-refractivity contribution in [1.29, 1.82) is 0 Å². The smallest absolute Gasteiger partial charge is 0.151 e. The third-order valence-corrected chi connectivity index (χ3v) is 3.40. The number of halogens is 1. The highest BCUT2D eigenvalue weighted by Gasteiger charge is 2.31. The van der Waals surface area contributed by atoms with Crippen molar-refractivity contribution in [2.75, 3.05) is 6.61 Å². The number of aliphatic hydroxyl groups is 4. The average Bonchev–Trinajstić information content (AvgIpc) is 2.46. The zero-order valence-corrected chi connectivity index (χ0v) is 12.8. The molecular weight excluding hydrogens is 379 g/mol. The Morgan fingerprint density at radius 3 is 2.50 bits per heavy atom. The van der Waals surface area contributed by atoms with E-state index < -0.39 is 31.0 Å². The van der Waals surface area contributed by atoms with Gasteiger partial charge in [0.15, 0.2) is 6.29 Å². The zero-order valence-electron chi connectivity index (χ0n) is 10.6. The summed E-state index contributed by atoms with van der Waals surface area (Å²) < 4.78 is 6.24. The van der Waals surface area contributed by atoms with E-state index in [0.29, 0.717) is 6.29 Å². The van der Waals surface area contributed by atoms with E-state index in [1.807, 2.05) is 18.2 Å². The second-order valence-electron chi connectivity index (χ2n) is 4.27. The Hall–Kier alpha value is -0.580. The number of carbonyl (C=O) groups excluding carboxylic acids is 1. The van der Waals surface area contributed by atoms with Crippen molar-refractivity contribution in [3.63, 3.8) is 0 Å². The van der Waals surface area contributed by atoms with Gasteiger partial charge in [0.05, 0.1) is 13.2 Å². The molecule has 112 valence electrons. The molecule has 0 aliphatic rings. The van der Waals surface area contributed by atoms with Crippen LogP contribution in [0.1, 0.15) is 5.56 Å². The van der Waals surface area contributed by atoms with Gasteiger partial charge in [-0.05, 0) is 40.3 Å². The van der Waals surface area contributed by atoms with Gasteiger partial charge in [-0.2, -0.15) is 0 Å². The zero-order chi connectivity index (χ0) is 15.1. The van der Waals surface area contributed by atoms with Crippen LogP contribution in [0.4, 0.5) is 0 Å². The molecule has 0 fully saturated rings. The highest BCUT2D eigenvalue weighted by Crippen LogP contribution is 2.12. The van der Waals surface area contributed by atoms with Crippen molar-refractivity contribution in [3.05, 3.63) is 33.4 Å². The normalized spacial score (nSPS) is 17.2. The van der Waals surface area contributed by atoms with Crippen molar-refractivity contribution in [2.24, 2.45) is 0 Å². The molecule has 0 aliphatic carbocycles. The molecule has 0 aromatic heterocycles. The third kappa shape index (κ3) is 5.08. The van der Waals surface area contributed by atoms with Crippen LogP contribution in [0, 0.1) is 3.57 Å². The molecule has 0 bridgehead atoms. The molecule has 0 unspecified atom stereocenters. The van der Waals surface area contributed by atoms with Gasteiger partial charge in [-0.3, -0.25) is 0 Å². The van der Waals surface area contributed by atoms with E-state index in [1.54, 1.807) is 6.07 Å². The van der Waals surface area contributed by atoms with E-state index in [1.165, 1.54) is 0 Å². The molecule has 0 saturated heterocycles. The summed E-state index contributed by atoms with van der Waals surface area (Å²) in [5.74, 6) is 0. The summed E-state index contributed by atoms with van der Waals surface area (Å²) in [5, 5.41) is 37.2. The van der Waals surface area contributed by atoms with Gasteiger partial charge >= 0.3 is 0 Å². The number of aliphatic hydroxyl groups excluding tert-OH is 4. The second-order valence-corrected chi connectivity index (χ2v) is 5.52. The van der Waals surface area contributed by atoms with Crippen LogP contribution < -0.4 is 0 Å². The molecule has 4 atom stereocenters. The molecule has 0 aliphatic heterocycles. The predicted octanol–water partition coefficient (Wildman–Crippen LogP) is -0.550. The Morgan fingerprint density at radius 2 is 1.95 bits per heavy atom. The molecule has 0 amide bonds. The Labute approximate surface area is 130 Å². The van der Waals surface area contributed by atoms with Gasteiger partial charge in [-0.25, -0.2) is 0 Å². The Morgan fingerprint density at radius 1 is 1.25 bits per heavy atom. The molecular formula is C13H17IO6. The van der Waals surface area contributed by atoms with Crippen molar-refractivity contribution in [1.82, 2.24) is 0 Å². The highest BCUT2D eigenvalue weighted by molar-refractivity contribution is 14.1. The van der Waals surface area contributed by atoms with Gasteiger partial charge < -0.3 is 30.0 Å². The molecule has 0 saturated carbocycles. The predicted molar refractivity (Wildman–Crippen MR) is 78.9 cm³/mol. The lowest BCUT2D eigenvalue weighted by Crippen LogP contribution is -2.47. The fourth-order valence-electron chi connectivity index (χ4n) is 1.57. The monoisotopic (exact) mass is 396 g/mol. The standard InChI is InChI=1S/C13H17IO6/c14-9-3-1-2-8(4-9)7-20-11(6-16)13(19)12(18)10(17)5-15/h1-4,6,10-13,15,17-19H,5,7H2/t10-,11+,12-,13-/m1/s1. The molecule has 0 spiro atoms. The van der Waals surface area contributed by atoms with Crippen LogP contribution >= 0.6 is 22.6 Å². The summed E-state index contributed by atoms with van der Waals surface area (Å²) in [5.41, 5.74) is 0.813. The third-order valence-electron chi connectivity index (χ3n) is 2.73. The lowest BCUT2D eigenvalue weighted by molar-refractivity contribution is -0.147. The fraction of sp³-hybridized carbons (Fsp3) is 0.462. The first-order valence-electron chi connectivity index (χ1n) is 5.96. The fourth-order valence-corrected chi connectivity index (χ4v) is 2.18. The molecule has 0 heterocycles. The maximum absolute atomic E-state index is 10.9. The van der Waals surface area contributed by atoms with E-state index in [4.69, 9.17) is 9.84 Å². The maximum atomic E-state index is 10.9. The number of benzene rings is 1. The minimum atomic E-state index is -1.66. The molecule has 6 nitrogen and oxygen atoms in total. The summed E-state index contributed by atoms with van der Waals surface area (Å²) in [6.45, 7) is -0.639. The summed E-state index contributed by atoms with van der Waals surface area (Å²) in [6, 6.07) is 7.39. The number of rotatable bonds is 8. The molecule has 4 N–H and O–H groups in total. The Balaban J connectivity index is 2.60. The minimum Gasteiger partial charge on any atom is -0.394 e.